The molecule has 0 aliphatic carbocycles. The minimum absolute atomic E-state index is 0.165. The predicted molar refractivity (Wildman–Crippen MR) is 88.5 cm³/mol. The zero-order valence-electron chi connectivity index (χ0n) is 13.9. The first-order chi connectivity index (χ1) is 10.6. The molecule has 3 unspecified atom stereocenters. The Kier molecular flexibility index (Phi) is 5.98. The third kappa shape index (κ3) is 3.68. The zero-order chi connectivity index (χ0) is 16.1. The zero-order valence-corrected chi connectivity index (χ0v) is 13.9. The van der Waals surface area contributed by atoms with Gasteiger partial charge in [0.1, 0.15) is 6.04 Å². The molecule has 3 atom stereocenters. The Morgan fingerprint density at radius 3 is 2.45 bits per heavy atom. The van der Waals surface area contributed by atoms with Crippen LogP contribution in [0.3, 0.4) is 0 Å². The predicted octanol–water partition coefficient (Wildman–Crippen LogP) is 2.30. The number of likely N-dealkylation sites (tertiary alicyclic amines) is 1. The van der Waals surface area contributed by atoms with Crippen LogP contribution >= 0.6 is 0 Å². The molecule has 0 aromatic heterocycles. The molecule has 22 heavy (non-hydrogen) atoms. The maximum atomic E-state index is 13.1. The van der Waals surface area contributed by atoms with Gasteiger partial charge in [-0.15, -0.1) is 0 Å². The van der Waals surface area contributed by atoms with Gasteiger partial charge in [-0.05, 0) is 32.0 Å². The lowest BCUT2D eigenvalue weighted by atomic mass is 10.0. The highest BCUT2D eigenvalue weighted by molar-refractivity contribution is 5.83. The van der Waals surface area contributed by atoms with E-state index in [1.165, 1.54) is 0 Å². The molecule has 0 saturated carbocycles. The van der Waals surface area contributed by atoms with E-state index in [0.29, 0.717) is 6.54 Å². The van der Waals surface area contributed by atoms with Crippen molar-refractivity contribution in [3.05, 3.63) is 35.9 Å². The van der Waals surface area contributed by atoms with E-state index in [-0.39, 0.29) is 24.0 Å². The van der Waals surface area contributed by atoms with Gasteiger partial charge in [0.15, 0.2) is 0 Å². The highest BCUT2D eigenvalue weighted by atomic mass is 16.3. The number of rotatable bonds is 6. The Balaban J connectivity index is 2.20. The van der Waals surface area contributed by atoms with Crippen molar-refractivity contribution in [2.75, 3.05) is 26.2 Å². The summed E-state index contributed by atoms with van der Waals surface area (Å²) in [5, 5.41) is 9.76. The average molecular weight is 304 g/mol. The summed E-state index contributed by atoms with van der Waals surface area (Å²) in [7, 11) is 0. The lowest BCUT2D eigenvalue weighted by Gasteiger charge is -2.32. The van der Waals surface area contributed by atoms with Crippen LogP contribution in [0.15, 0.2) is 30.3 Å². The van der Waals surface area contributed by atoms with Crippen molar-refractivity contribution in [3.8, 4) is 0 Å². The van der Waals surface area contributed by atoms with E-state index in [4.69, 9.17) is 0 Å². The van der Waals surface area contributed by atoms with Gasteiger partial charge in [-0.1, -0.05) is 44.2 Å². The third-order valence-corrected chi connectivity index (χ3v) is 4.75. The molecule has 0 spiro atoms. The topological polar surface area (TPSA) is 43.8 Å². The SMILES string of the molecule is CCN(CC)C(C(=O)N1CCC(C(C)O)C1)c1ccccc1. The summed E-state index contributed by atoms with van der Waals surface area (Å²) < 4.78 is 0. The van der Waals surface area contributed by atoms with Crippen LogP contribution in [0.25, 0.3) is 0 Å². The Hall–Kier alpha value is -1.39. The van der Waals surface area contributed by atoms with E-state index in [1.807, 2.05) is 42.2 Å². The molecule has 4 nitrogen and oxygen atoms in total. The van der Waals surface area contributed by atoms with E-state index in [9.17, 15) is 9.90 Å². The number of carbonyl (C=O) groups excluding carboxylic acids is 1. The van der Waals surface area contributed by atoms with Crippen LogP contribution in [0.5, 0.6) is 0 Å². The number of benzene rings is 1. The number of hydrogen-bond acceptors (Lipinski definition) is 3. The maximum absolute atomic E-state index is 13.1. The molecule has 1 saturated heterocycles. The van der Waals surface area contributed by atoms with Crippen molar-refractivity contribution in [2.45, 2.75) is 39.3 Å². The number of aliphatic hydroxyl groups is 1. The minimum Gasteiger partial charge on any atom is -0.393 e. The van der Waals surface area contributed by atoms with Gasteiger partial charge in [0.25, 0.3) is 0 Å². The van der Waals surface area contributed by atoms with Crippen molar-refractivity contribution < 1.29 is 9.90 Å². The van der Waals surface area contributed by atoms with Gasteiger partial charge in [0.2, 0.25) is 5.91 Å². The van der Waals surface area contributed by atoms with Crippen LogP contribution in [0.2, 0.25) is 0 Å². The monoisotopic (exact) mass is 304 g/mol. The number of aliphatic hydroxyl groups excluding tert-OH is 1. The molecule has 1 heterocycles. The molecule has 0 bridgehead atoms. The van der Waals surface area contributed by atoms with Gasteiger partial charge in [0.05, 0.1) is 6.10 Å². The van der Waals surface area contributed by atoms with E-state index in [0.717, 1.165) is 31.6 Å². The minimum atomic E-state index is -0.346. The van der Waals surface area contributed by atoms with Crippen LogP contribution in [0.4, 0.5) is 0 Å². The number of amides is 1. The van der Waals surface area contributed by atoms with Gasteiger partial charge in [-0.25, -0.2) is 0 Å². The molecule has 1 aliphatic heterocycles. The van der Waals surface area contributed by atoms with Crippen LogP contribution in [-0.2, 0) is 4.79 Å². The fourth-order valence-corrected chi connectivity index (χ4v) is 3.29. The fraction of sp³-hybridized carbons (Fsp3) is 0.611. The normalized spacial score (nSPS) is 21.1. The molecule has 1 aromatic carbocycles. The average Bonchev–Trinajstić information content (AvgIpc) is 3.03. The van der Waals surface area contributed by atoms with Gasteiger partial charge in [-0.2, -0.15) is 0 Å². The van der Waals surface area contributed by atoms with Gasteiger partial charge < -0.3 is 10.0 Å². The van der Waals surface area contributed by atoms with Gasteiger partial charge in [-0.3, -0.25) is 9.69 Å². The second-order valence-electron chi connectivity index (χ2n) is 6.11. The van der Waals surface area contributed by atoms with E-state index >= 15 is 0 Å². The Bertz CT molecular complexity index is 471. The highest BCUT2D eigenvalue weighted by Crippen LogP contribution is 2.27. The summed E-state index contributed by atoms with van der Waals surface area (Å²) in [6.45, 7) is 9.10. The summed E-state index contributed by atoms with van der Waals surface area (Å²) >= 11 is 0. The second-order valence-corrected chi connectivity index (χ2v) is 6.11. The summed E-state index contributed by atoms with van der Waals surface area (Å²) in [5.74, 6) is 0.370. The van der Waals surface area contributed by atoms with E-state index in [1.54, 1.807) is 0 Å². The molecule has 0 radical (unpaired) electrons. The number of hydrogen-bond donors (Lipinski definition) is 1. The summed E-state index contributed by atoms with van der Waals surface area (Å²) in [6.07, 6.45) is 0.546. The number of likely N-dealkylation sites (N-methyl/N-ethyl adjacent to an activating group) is 1. The highest BCUT2D eigenvalue weighted by Gasteiger charge is 2.35. The molecule has 1 aromatic rings. The first-order valence-corrected chi connectivity index (χ1v) is 8.34. The van der Waals surface area contributed by atoms with Crippen LogP contribution in [0, 0.1) is 5.92 Å². The van der Waals surface area contributed by atoms with Gasteiger partial charge in [0, 0.05) is 19.0 Å². The van der Waals surface area contributed by atoms with Crippen molar-refractivity contribution >= 4 is 5.91 Å². The lowest BCUT2D eigenvalue weighted by molar-refractivity contribution is -0.136. The molecular weight excluding hydrogens is 276 g/mol. The fourth-order valence-electron chi connectivity index (χ4n) is 3.29. The largest absolute Gasteiger partial charge is 0.393 e. The quantitative estimate of drug-likeness (QED) is 0.877. The first kappa shape index (κ1) is 17.0. The number of carbonyl (C=O) groups is 1. The molecular formula is C18H28N2O2. The van der Waals surface area contributed by atoms with Crippen LogP contribution < -0.4 is 0 Å². The van der Waals surface area contributed by atoms with Crippen LogP contribution in [0.1, 0.15) is 38.8 Å². The van der Waals surface area contributed by atoms with Crippen molar-refractivity contribution in [1.82, 2.24) is 9.80 Å². The van der Waals surface area contributed by atoms with E-state index < -0.39 is 0 Å². The Morgan fingerprint density at radius 2 is 1.95 bits per heavy atom. The Morgan fingerprint density at radius 1 is 1.32 bits per heavy atom. The second kappa shape index (κ2) is 7.75. The van der Waals surface area contributed by atoms with Crippen molar-refractivity contribution in [3.63, 3.8) is 0 Å². The van der Waals surface area contributed by atoms with Crippen molar-refractivity contribution in [1.29, 1.82) is 0 Å². The molecule has 122 valence electrons. The molecule has 2 rings (SSSR count). The standard InChI is InChI=1S/C18H28N2O2/c1-4-19(5-2)17(15-9-7-6-8-10-15)18(22)20-12-11-16(13-20)14(3)21/h6-10,14,16-17,21H,4-5,11-13H2,1-3H3. The first-order valence-electron chi connectivity index (χ1n) is 8.34. The molecule has 4 heteroatoms. The van der Waals surface area contributed by atoms with E-state index in [2.05, 4.69) is 18.7 Å². The third-order valence-electron chi connectivity index (χ3n) is 4.75. The smallest absolute Gasteiger partial charge is 0.244 e. The van der Waals surface area contributed by atoms with Crippen molar-refractivity contribution in [2.24, 2.45) is 5.92 Å². The maximum Gasteiger partial charge on any atom is 0.244 e. The summed E-state index contributed by atoms with van der Waals surface area (Å²) in [4.78, 5) is 17.2. The molecule has 1 N–H and O–H groups in total. The molecule has 1 aliphatic rings. The summed E-state index contributed by atoms with van der Waals surface area (Å²) in [5.41, 5.74) is 1.05. The van der Waals surface area contributed by atoms with Crippen LogP contribution in [-0.4, -0.2) is 53.1 Å². The summed E-state index contributed by atoms with van der Waals surface area (Å²) in [6, 6.07) is 9.80. The van der Waals surface area contributed by atoms with Gasteiger partial charge >= 0.3 is 0 Å². The molecule has 1 amide bonds. The number of nitrogens with zero attached hydrogens (tertiary/aromatic N) is 2. The lowest BCUT2D eigenvalue weighted by Crippen LogP contribution is -2.42. The Labute approximate surface area is 133 Å². The molecule has 1 fully saturated rings.